The standard InChI is InChI=1S/C14H21NO2/c1-15-14(12-7-9-17-10-8-12)11-3-5-13(16-2)6-4-11/h3-6,12,14-15H,7-10H2,1-2H3. The van der Waals surface area contributed by atoms with Crippen LogP contribution in [0.25, 0.3) is 0 Å². The number of rotatable bonds is 4. The maximum absolute atomic E-state index is 5.42. The highest BCUT2D eigenvalue weighted by molar-refractivity contribution is 5.29. The lowest BCUT2D eigenvalue weighted by Gasteiger charge is -2.30. The monoisotopic (exact) mass is 235 g/mol. The predicted octanol–water partition coefficient (Wildman–Crippen LogP) is 2.38. The van der Waals surface area contributed by atoms with Gasteiger partial charge in [-0.1, -0.05) is 12.1 Å². The molecule has 0 aliphatic carbocycles. The summed E-state index contributed by atoms with van der Waals surface area (Å²) in [6, 6.07) is 8.77. The van der Waals surface area contributed by atoms with Crippen molar-refractivity contribution in [3.8, 4) is 5.75 Å². The highest BCUT2D eigenvalue weighted by Crippen LogP contribution is 2.30. The Balaban J connectivity index is 2.10. The number of benzene rings is 1. The molecule has 0 spiro atoms. The Morgan fingerprint density at radius 3 is 2.41 bits per heavy atom. The van der Waals surface area contributed by atoms with Crippen LogP contribution in [0.3, 0.4) is 0 Å². The van der Waals surface area contributed by atoms with Gasteiger partial charge in [0, 0.05) is 19.3 Å². The summed E-state index contributed by atoms with van der Waals surface area (Å²) in [5.41, 5.74) is 1.33. The van der Waals surface area contributed by atoms with E-state index in [0.717, 1.165) is 31.8 Å². The lowest BCUT2D eigenvalue weighted by atomic mass is 9.87. The molecule has 1 saturated heterocycles. The normalized spacial score (nSPS) is 18.9. The Morgan fingerprint density at radius 2 is 1.88 bits per heavy atom. The average molecular weight is 235 g/mol. The molecule has 3 nitrogen and oxygen atoms in total. The summed E-state index contributed by atoms with van der Waals surface area (Å²) in [5.74, 6) is 1.58. The van der Waals surface area contributed by atoms with Crippen LogP contribution in [0, 0.1) is 5.92 Å². The second-order valence-electron chi connectivity index (χ2n) is 4.49. The van der Waals surface area contributed by atoms with Gasteiger partial charge in [0.1, 0.15) is 5.75 Å². The third-order valence-electron chi connectivity index (χ3n) is 3.52. The van der Waals surface area contributed by atoms with Crippen LogP contribution in [0.2, 0.25) is 0 Å². The van der Waals surface area contributed by atoms with Crippen LogP contribution in [-0.4, -0.2) is 27.4 Å². The van der Waals surface area contributed by atoms with Crippen molar-refractivity contribution in [3.63, 3.8) is 0 Å². The first kappa shape index (κ1) is 12.4. The molecule has 0 amide bonds. The molecule has 0 saturated carbocycles. The van der Waals surface area contributed by atoms with Crippen LogP contribution >= 0.6 is 0 Å². The SMILES string of the molecule is CNC(c1ccc(OC)cc1)C1CCOCC1. The topological polar surface area (TPSA) is 30.5 Å². The number of methoxy groups -OCH3 is 1. The molecule has 1 aliphatic heterocycles. The molecule has 1 aromatic carbocycles. The van der Waals surface area contributed by atoms with Crippen LogP contribution in [-0.2, 0) is 4.74 Å². The van der Waals surface area contributed by atoms with Crippen molar-refractivity contribution in [3.05, 3.63) is 29.8 Å². The fraction of sp³-hybridized carbons (Fsp3) is 0.571. The summed E-state index contributed by atoms with van der Waals surface area (Å²) < 4.78 is 10.6. The van der Waals surface area contributed by atoms with Gasteiger partial charge in [-0.2, -0.15) is 0 Å². The summed E-state index contributed by atoms with van der Waals surface area (Å²) in [5, 5.41) is 3.43. The van der Waals surface area contributed by atoms with Gasteiger partial charge in [0.2, 0.25) is 0 Å². The van der Waals surface area contributed by atoms with Gasteiger partial charge in [-0.3, -0.25) is 0 Å². The number of hydrogen-bond donors (Lipinski definition) is 1. The highest BCUT2D eigenvalue weighted by atomic mass is 16.5. The molecule has 0 radical (unpaired) electrons. The maximum atomic E-state index is 5.42. The van der Waals surface area contributed by atoms with E-state index in [9.17, 15) is 0 Å². The van der Waals surface area contributed by atoms with E-state index in [0.29, 0.717) is 12.0 Å². The fourth-order valence-electron chi connectivity index (χ4n) is 2.53. The molecule has 94 valence electrons. The molecule has 2 rings (SSSR count). The molecule has 1 aliphatic rings. The van der Waals surface area contributed by atoms with E-state index in [2.05, 4.69) is 17.4 Å². The van der Waals surface area contributed by atoms with Crippen molar-refractivity contribution in [1.82, 2.24) is 5.32 Å². The quantitative estimate of drug-likeness (QED) is 0.869. The van der Waals surface area contributed by atoms with Crippen LogP contribution in [0.1, 0.15) is 24.4 Å². The zero-order chi connectivity index (χ0) is 12.1. The molecule has 1 unspecified atom stereocenters. The number of hydrogen-bond acceptors (Lipinski definition) is 3. The molecule has 1 N–H and O–H groups in total. The highest BCUT2D eigenvalue weighted by Gasteiger charge is 2.23. The van der Waals surface area contributed by atoms with Gasteiger partial charge >= 0.3 is 0 Å². The van der Waals surface area contributed by atoms with E-state index in [1.807, 2.05) is 19.2 Å². The molecule has 1 aromatic rings. The Labute approximate surface area is 103 Å². The van der Waals surface area contributed by atoms with E-state index in [-0.39, 0.29) is 0 Å². The fourth-order valence-corrected chi connectivity index (χ4v) is 2.53. The van der Waals surface area contributed by atoms with E-state index >= 15 is 0 Å². The zero-order valence-corrected chi connectivity index (χ0v) is 10.6. The van der Waals surface area contributed by atoms with Gasteiger partial charge in [0.25, 0.3) is 0 Å². The molecule has 1 heterocycles. The van der Waals surface area contributed by atoms with E-state index in [1.54, 1.807) is 7.11 Å². The van der Waals surface area contributed by atoms with Crippen molar-refractivity contribution < 1.29 is 9.47 Å². The van der Waals surface area contributed by atoms with Crippen LogP contribution < -0.4 is 10.1 Å². The average Bonchev–Trinajstić information content (AvgIpc) is 2.42. The number of ether oxygens (including phenoxy) is 2. The summed E-state index contributed by atoms with van der Waals surface area (Å²) in [4.78, 5) is 0. The molecule has 0 bridgehead atoms. The van der Waals surface area contributed by atoms with Gasteiger partial charge in [-0.25, -0.2) is 0 Å². The van der Waals surface area contributed by atoms with Crippen molar-refractivity contribution in [1.29, 1.82) is 0 Å². The summed E-state index contributed by atoms with van der Waals surface area (Å²) in [6.07, 6.45) is 2.27. The van der Waals surface area contributed by atoms with Crippen LogP contribution in [0.15, 0.2) is 24.3 Å². The summed E-state index contributed by atoms with van der Waals surface area (Å²) in [6.45, 7) is 1.78. The van der Waals surface area contributed by atoms with E-state index in [4.69, 9.17) is 9.47 Å². The summed E-state index contributed by atoms with van der Waals surface area (Å²) >= 11 is 0. The Hall–Kier alpha value is -1.06. The molecular formula is C14H21NO2. The largest absolute Gasteiger partial charge is 0.497 e. The minimum absolute atomic E-state index is 0.421. The van der Waals surface area contributed by atoms with Gasteiger partial charge in [0.05, 0.1) is 7.11 Å². The smallest absolute Gasteiger partial charge is 0.118 e. The second kappa shape index (κ2) is 6.03. The van der Waals surface area contributed by atoms with Crippen molar-refractivity contribution in [2.75, 3.05) is 27.4 Å². The van der Waals surface area contributed by atoms with Crippen molar-refractivity contribution in [2.45, 2.75) is 18.9 Å². The third kappa shape index (κ3) is 2.99. The van der Waals surface area contributed by atoms with Crippen LogP contribution in [0.4, 0.5) is 0 Å². The van der Waals surface area contributed by atoms with Crippen molar-refractivity contribution >= 4 is 0 Å². The summed E-state index contributed by atoms with van der Waals surface area (Å²) in [7, 11) is 3.73. The van der Waals surface area contributed by atoms with Gasteiger partial charge < -0.3 is 14.8 Å². The minimum atomic E-state index is 0.421. The van der Waals surface area contributed by atoms with E-state index in [1.165, 1.54) is 5.56 Å². The van der Waals surface area contributed by atoms with Crippen LogP contribution in [0.5, 0.6) is 5.75 Å². The molecule has 3 heteroatoms. The Bertz CT molecular complexity index is 331. The second-order valence-corrected chi connectivity index (χ2v) is 4.49. The Kier molecular flexibility index (Phi) is 4.40. The zero-order valence-electron chi connectivity index (χ0n) is 10.6. The van der Waals surface area contributed by atoms with Gasteiger partial charge in [-0.15, -0.1) is 0 Å². The van der Waals surface area contributed by atoms with Crippen molar-refractivity contribution in [2.24, 2.45) is 5.92 Å². The number of nitrogens with one attached hydrogen (secondary N) is 1. The molecule has 0 aromatic heterocycles. The Morgan fingerprint density at radius 1 is 1.24 bits per heavy atom. The molecule has 1 atom stereocenters. The van der Waals surface area contributed by atoms with Gasteiger partial charge in [0.15, 0.2) is 0 Å². The molecule has 17 heavy (non-hydrogen) atoms. The maximum Gasteiger partial charge on any atom is 0.118 e. The lowest BCUT2D eigenvalue weighted by molar-refractivity contribution is 0.0546. The minimum Gasteiger partial charge on any atom is -0.497 e. The third-order valence-corrected chi connectivity index (χ3v) is 3.52. The molecule has 1 fully saturated rings. The molecular weight excluding hydrogens is 214 g/mol. The first-order chi connectivity index (χ1) is 8.35. The predicted molar refractivity (Wildman–Crippen MR) is 68.3 cm³/mol. The lowest BCUT2D eigenvalue weighted by Crippen LogP contribution is -2.29. The van der Waals surface area contributed by atoms with E-state index < -0.39 is 0 Å². The van der Waals surface area contributed by atoms with Gasteiger partial charge in [-0.05, 0) is 43.5 Å². The first-order valence-electron chi connectivity index (χ1n) is 6.24. The first-order valence-corrected chi connectivity index (χ1v) is 6.24.